The van der Waals surface area contributed by atoms with Crippen LogP contribution in [0.3, 0.4) is 0 Å². The van der Waals surface area contributed by atoms with Crippen molar-refractivity contribution in [2.45, 2.75) is 38.6 Å². The van der Waals surface area contributed by atoms with E-state index in [-0.39, 0.29) is 6.03 Å². The molecule has 3 heterocycles. The van der Waals surface area contributed by atoms with Crippen LogP contribution in [0.2, 0.25) is 0 Å². The molecule has 0 bridgehead atoms. The van der Waals surface area contributed by atoms with Crippen molar-refractivity contribution in [3.05, 3.63) is 36.0 Å². The van der Waals surface area contributed by atoms with Crippen LogP contribution in [0.15, 0.2) is 30.5 Å². The molecule has 0 radical (unpaired) electrons. The predicted molar refractivity (Wildman–Crippen MR) is 116 cm³/mol. The number of H-pyrrole nitrogens is 1. The second kappa shape index (κ2) is 9.18. The second-order valence-corrected chi connectivity index (χ2v) is 8.70. The third-order valence-electron chi connectivity index (χ3n) is 6.59. The fourth-order valence-corrected chi connectivity index (χ4v) is 4.82. The maximum atomic E-state index is 12.8. The van der Waals surface area contributed by atoms with E-state index in [4.69, 9.17) is 4.74 Å². The van der Waals surface area contributed by atoms with Crippen molar-refractivity contribution < 1.29 is 9.53 Å². The van der Waals surface area contributed by atoms with Gasteiger partial charge in [-0.15, -0.1) is 0 Å². The standard InChI is InChI=1S/C23H34N4O2/c1-17(2)22(26-11-13-29-14-12-26)16-25-23(28)27-9-7-18(8-10-27)20-15-24-21-6-4-3-5-19(20)21/h3-6,15,17-18,22,24H,7-14,16H2,1-2H3,(H,25,28). The quantitative estimate of drug-likeness (QED) is 0.811. The molecule has 1 aromatic heterocycles. The van der Waals surface area contributed by atoms with Crippen LogP contribution in [0.4, 0.5) is 4.79 Å². The first-order chi connectivity index (χ1) is 14.1. The molecule has 0 spiro atoms. The number of para-hydroxylation sites is 1. The fraction of sp³-hybridized carbons (Fsp3) is 0.609. The Hall–Kier alpha value is -2.05. The molecule has 2 aromatic rings. The maximum Gasteiger partial charge on any atom is 0.317 e. The Kier molecular flexibility index (Phi) is 6.40. The van der Waals surface area contributed by atoms with Gasteiger partial charge in [0.05, 0.1) is 13.2 Å². The molecular weight excluding hydrogens is 364 g/mol. The summed E-state index contributed by atoms with van der Waals surface area (Å²) < 4.78 is 5.48. The van der Waals surface area contributed by atoms with E-state index in [0.717, 1.165) is 52.2 Å². The number of fused-ring (bicyclic) bond motifs is 1. The summed E-state index contributed by atoms with van der Waals surface area (Å²) in [6, 6.07) is 8.94. The van der Waals surface area contributed by atoms with Crippen LogP contribution in [0.5, 0.6) is 0 Å². The normalized spacial score (nSPS) is 20.3. The number of hydrogen-bond acceptors (Lipinski definition) is 3. The summed E-state index contributed by atoms with van der Waals surface area (Å²) in [4.78, 5) is 20.6. The number of amides is 2. The molecule has 158 valence electrons. The molecule has 0 aliphatic carbocycles. The van der Waals surface area contributed by atoms with Gasteiger partial charge in [-0.1, -0.05) is 32.0 Å². The zero-order valence-corrected chi connectivity index (χ0v) is 17.7. The SMILES string of the molecule is CC(C)C(CNC(=O)N1CCC(c2c[nH]c3ccccc23)CC1)N1CCOCC1. The first-order valence-electron chi connectivity index (χ1n) is 11.0. The number of nitrogens with one attached hydrogen (secondary N) is 2. The van der Waals surface area contributed by atoms with Crippen LogP contribution in [0.25, 0.3) is 10.9 Å². The number of benzene rings is 1. The van der Waals surface area contributed by atoms with E-state index in [1.807, 2.05) is 4.90 Å². The largest absolute Gasteiger partial charge is 0.379 e. The molecule has 6 nitrogen and oxygen atoms in total. The lowest BCUT2D eigenvalue weighted by Gasteiger charge is -2.38. The number of urea groups is 1. The Balaban J connectivity index is 1.29. The molecular formula is C23H34N4O2. The monoisotopic (exact) mass is 398 g/mol. The minimum Gasteiger partial charge on any atom is -0.379 e. The summed E-state index contributed by atoms with van der Waals surface area (Å²) in [6.45, 7) is 10.3. The summed E-state index contributed by atoms with van der Waals surface area (Å²) in [5, 5.41) is 4.53. The van der Waals surface area contributed by atoms with Crippen LogP contribution in [-0.4, -0.2) is 72.8 Å². The van der Waals surface area contributed by atoms with Gasteiger partial charge in [-0.05, 0) is 36.3 Å². The topological polar surface area (TPSA) is 60.6 Å². The minimum atomic E-state index is 0.0845. The average molecular weight is 399 g/mol. The van der Waals surface area contributed by atoms with Crippen LogP contribution in [0.1, 0.15) is 38.2 Å². The van der Waals surface area contributed by atoms with Crippen molar-refractivity contribution >= 4 is 16.9 Å². The smallest absolute Gasteiger partial charge is 0.317 e. The number of ether oxygens (including phenoxy) is 1. The number of nitrogens with zero attached hydrogens (tertiary/aromatic N) is 2. The van der Waals surface area contributed by atoms with Crippen LogP contribution in [0, 0.1) is 5.92 Å². The number of aromatic amines is 1. The van der Waals surface area contributed by atoms with Crippen molar-refractivity contribution in [3.8, 4) is 0 Å². The third-order valence-corrected chi connectivity index (χ3v) is 6.59. The molecule has 2 saturated heterocycles. The molecule has 1 unspecified atom stereocenters. The van der Waals surface area contributed by atoms with E-state index in [1.165, 1.54) is 16.5 Å². The molecule has 2 fully saturated rings. The van der Waals surface area contributed by atoms with Crippen molar-refractivity contribution in [2.75, 3.05) is 45.9 Å². The highest BCUT2D eigenvalue weighted by Crippen LogP contribution is 2.33. The third kappa shape index (κ3) is 4.59. The van der Waals surface area contributed by atoms with Gasteiger partial charge in [-0.2, -0.15) is 0 Å². The number of carbonyl (C=O) groups is 1. The van der Waals surface area contributed by atoms with E-state index >= 15 is 0 Å². The zero-order chi connectivity index (χ0) is 20.2. The Morgan fingerprint density at radius 3 is 2.62 bits per heavy atom. The van der Waals surface area contributed by atoms with Crippen molar-refractivity contribution in [3.63, 3.8) is 0 Å². The highest BCUT2D eigenvalue weighted by atomic mass is 16.5. The van der Waals surface area contributed by atoms with Gasteiger partial charge in [0.2, 0.25) is 0 Å². The Labute approximate surface area is 173 Å². The van der Waals surface area contributed by atoms with E-state index in [2.05, 4.69) is 59.5 Å². The van der Waals surface area contributed by atoms with Gasteiger partial charge in [0.25, 0.3) is 0 Å². The lowest BCUT2D eigenvalue weighted by atomic mass is 9.89. The van der Waals surface area contributed by atoms with Gasteiger partial charge in [0.1, 0.15) is 0 Å². The second-order valence-electron chi connectivity index (χ2n) is 8.70. The first-order valence-corrected chi connectivity index (χ1v) is 11.0. The van der Waals surface area contributed by atoms with Gasteiger partial charge in [-0.25, -0.2) is 4.79 Å². The highest BCUT2D eigenvalue weighted by molar-refractivity contribution is 5.83. The Morgan fingerprint density at radius 2 is 1.90 bits per heavy atom. The predicted octanol–water partition coefficient (Wildman–Crippen LogP) is 3.41. The number of piperidine rings is 1. The molecule has 1 atom stereocenters. The van der Waals surface area contributed by atoms with E-state index in [1.54, 1.807) is 0 Å². The number of rotatable bonds is 5. The van der Waals surface area contributed by atoms with E-state index in [9.17, 15) is 4.79 Å². The van der Waals surface area contributed by atoms with Gasteiger partial charge < -0.3 is 19.9 Å². The van der Waals surface area contributed by atoms with Gasteiger partial charge in [-0.3, -0.25) is 4.90 Å². The molecule has 6 heteroatoms. The first kappa shape index (κ1) is 20.2. The molecule has 2 aliphatic heterocycles. The lowest BCUT2D eigenvalue weighted by Crippen LogP contribution is -2.53. The van der Waals surface area contributed by atoms with Crippen LogP contribution in [-0.2, 0) is 4.74 Å². The fourth-order valence-electron chi connectivity index (χ4n) is 4.82. The number of hydrogen-bond donors (Lipinski definition) is 2. The van der Waals surface area contributed by atoms with Crippen LogP contribution < -0.4 is 5.32 Å². The Bertz CT molecular complexity index is 804. The molecule has 2 aliphatic rings. The zero-order valence-electron chi connectivity index (χ0n) is 17.7. The minimum absolute atomic E-state index is 0.0845. The summed E-state index contributed by atoms with van der Waals surface area (Å²) >= 11 is 0. The summed E-state index contributed by atoms with van der Waals surface area (Å²) in [6.07, 6.45) is 4.19. The molecule has 29 heavy (non-hydrogen) atoms. The van der Waals surface area contributed by atoms with Crippen molar-refractivity contribution in [2.24, 2.45) is 5.92 Å². The maximum absolute atomic E-state index is 12.8. The number of carbonyl (C=O) groups excluding carboxylic acids is 1. The summed E-state index contributed by atoms with van der Waals surface area (Å²) in [5.74, 6) is 1.02. The van der Waals surface area contributed by atoms with Crippen molar-refractivity contribution in [1.29, 1.82) is 0 Å². The van der Waals surface area contributed by atoms with Gasteiger partial charge in [0, 0.05) is 55.9 Å². The number of morpholine rings is 1. The van der Waals surface area contributed by atoms with E-state index < -0.39 is 0 Å². The van der Waals surface area contributed by atoms with E-state index in [0.29, 0.717) is 24.4 Å². The molecule has 1 aromatic carbocycles. The summed E-state index contributed by atoms with van der Waals surface area (Å²) in [5.41, 5.74) is 2.60. The lowest BCUT2D eigenvalue weighted by molar-refractivity contribution is 0.00689. The Morgan fingerprint density at radius 1 is 1.17 bits per heavy atom. The molecule has 0 saturated carbocycles. The molecule has 4 rings (SSSR count). The van der Waals surface area contributed by atoms with Gasteiger partial charge >= 0.3 is 6.03 Å². The molecule has 2 N–H and O–H groups in total. The molecule has 2 amide bonds. The van der Waals surface area contributed by atoms with Crippen molar-refractivity contribution in [1.82, 2.24) is 20.1 Å². The summed E-state index contributed by atoms with van der Waals surface area (Å²) in [7, 11) is 0. The number of aromatic nitrogens is 1. The highest BCUT2D eigenvalue weighted by Gasteiger charge is 2.28. The number of likely N-dealkylation sites (tertiary alicyclic amines) is 1. The van der Waals surface area contributed by atoms with Gasteiger partial charge in [0.15, 0.2) is 0 Å². The average Bonchev–Trinajstić information content (AvgIpc) is 3.18. The van der Waals surface area contributed by atoms with Crippen LogP contribution >= 0.6 is 0 Å².